The molecule has 7 heteroatoms. The lowest BCUT2D eigenvalue weighted by atomic mass is 10.1. The van der Waals surface area contributed by atoms with Gasteiger partial charge in [0, 0.05) is 31.6 Å². The Morgan fingerprint density at radius 2 is 1.67 bits per heavy atom. The monoisotopic (exact) mass is 430 g/mol. The lowest BCUT2D eigenvalue weighted by Gasteiger charge is -2.18. The Morgan fingerprint density at radius 1 is 1.03 bits per heavy atom. The smallest absolute Gasteiger partial charge is 0.242 e. The second kappa shape index (κ2) is 11.0. The maximum atomic E-state index is 12.6. The molecule has 2 aromatic carbocycles. The van der Waals surface area contributed by atoms with Crippen molar-refractivity contribution in [3.05, 3.63) is 65.7 Å². The van der Waals surface area contributed by atoms with E-state index in [4.69, 9.17) is 0 Å². The van der Waals surface area contributed by atoms with Gasteiger partial charge in [-0.15, -0.1) is 0 Å². The molecular formula is C23H30N2O4S. The summed E-state index contributed by atoms with van der Waals surface area (Å²) in [5.41, 5.74) is 1.71. The van der Waals surface area contributed by atoms with Gasteiger partial charge in [-0.1, -0.05) is 42.5 Å². The fourth-order valence-corrected chi connectivity index (χ4v) is 4.28. The van der Waals surface area contributed by atoms with Crippen LogP contribution in [0.4, 0.5) is 0 Å². The molecule has 30 heavy (non-hydrogen) atoms. The van der Waals surface area contributed by atoms with Crippen LogP contribution in [-0.4, -0.2) is 44.0 Å². The molecule has 0 aliphatic carbocycles. The SMILES string of the molecule is CC(=O)c1ccc(S(=O)(=O)N(C)CCCC(=O)NC(C)CCc2ccccc2)cc1. The van der Waals surface area contributed by atoms with E-state index >= 15 is 0 Å². The van der Waals surface area contributed by atoms with Crippen LogP contribution in [0.2, 0.25) is 0 Å². The van der Waals surface area contributed by atoms with Gasteiger partial charge < -0.3 is 5.32 Å². The van der Waals surface area contributed by atoms with Gasteiger partial charge in [0.15, 0.2) is 5.78 Å². The zero-order valence-electron chi connectivity index (χ0n) is 17.8. The Morgan fingerprint density at radius 3 is 2.27 bits per heavy atom. The number of hydrogen-bond donors (Lipinski definition) is 1. The lowest BCUT2D eigenvalue weighted by molar-refractivity contribution is -0.121. The fraction of sp³-hybridized carbons (Fsp3) is 0.391. The van der Waals surface area contributed by atoms with Gasteiger partial charge in [0.05, 0.1) is 4.90 Å². The molecule has 1 unspecified atom stereocenters. The quantitative estimate of drug-likeness (QED) is 0.554. The highest BCUT2D eigenvalue weighted by atomic mass is 32.2. The van der Waals surface area contributed by atoms with Crippen molar-refractivity contribution in [1.29, 1.82) is 0 Å². The van der Waals surface area contributed by atoms with Crippen LogP contribution in [0.25, 0.3) is 0 Å². The molecule has 0 heterocycles. The first-order valence-electron chi connectivity index (χ1n) is 10.1. The number of benzene rings is 2. The number of Topliss-reactive ketones (excluding diaryl/α,β-unsaturated/α-hetero) is 1. The number of carbonyl (C=O) groups is 2. The first-order valence-corrected chi connectivity index (χ1v) is 11.5. The number of amides is 1. The van der Waals surface area contributed by atoms with Crippen LogP contribution in [0.1, 0.15) is 49.0 Å². The van der Waals surface area contributed by atoms with Gasteiger partial charge in [-0.2, -0.15) is 0 Å². The summed E-state index contributed by atoms with van der Waals surface area (Å²) in [5, 5.41) is 2.97. The van der Waals surface area contributed by atoms with Gasteiger partial charge in [0.2, 0.25) is 15.9 Å². The molecule has 6 nitrogen and oxygen atoms in total. The fourth-order valence-electron chi connectivity index (χ4n) is 3.07. The predicted octanol–water partition coefficient (Wildman–Crippen LogP) is 3.43. The topological polar surface area (TPSA) is 83.6 Å². The van der Waals surface area contributed by atoms with E-state index in [0.29, 0.717) is 12.0 Å². The van der Waals surface area contributed by atoms with Crippen molar-refractivity contribution >= 4 is 21.7 Å². The van der Waals surface area contributed by atoms with Gasteiger partial charge in [-0.25, -0.2) is 12.7 Å². The van der Waals surface area contributed by atoms with E-state index in [9.17, 15) is 18.0 Å². The number of carbonyl (C=O) groups excluding carboxylic acids is 2. The highest BCUT2D eigenvalue weighted by molar-refractivity contribution is 7.89. The third-order valence-corrected chi connectivity index (χ3v) is 6.83. The zero-order valence-corrected chi connectivity index (χ0v) is 18.6. The van der Waals surface area contributed by atoms with Crippen molar-refractivity contribution in [3.63, 3.8) is 0 Å². The minimum absolute atomic E-state index is 0.0546. The molecule has 1 atom stereocenters. The molecule has 0 aliphatic heterocycles. The average Bonchev–Trinajstić information content (AvgIpc) is 2.73. The highest BCUT2D eigenvalue weighted by Gasteiger charge is 2.21. The summed E-state index contributed by atoms with van der Waals surface area (Å²) >= 11 is 0. The Labute approximate surface area is 179 Å². The number of sulfonamides is 1. The molecule has 0 spiro atoms. The number of aryl methyl sites for hydroxylation is 1. The van der Waals surface area contributed by atoms with Gasteiger partial charge in [0.1, 0.15) is 0 Å². The number of nitrogens with zero attached hydrogens (tertiary/aromatic N) is 1. The number of hydrogen-bond acceptors (Lipinski definition) is 4. The van der Waals surface area contributed by atoms with Crippen molar-refractivity contribution in [3.8, 4) is 0 Å². The summed E-state index contributed by atoms with van der Waals surface area (Å²) in [5.74, 6) is -0.191. The molecule has 2 rings (SSSR count). The minimum Gasteiger partial charge on any atom is -0.354 e. The van der Waals surface area contributed by atoms with E-state index in [-0.39, 0.29) is 35.6 Å². The van der Waals surface area contributed by atoms with Crippen LogP contribution in [-0.2, 0) is 21.2 Å². The Kier molecular flexibility index (Phi) is 8.74. The summed E-state index contributed by atoms with van der Waals surface area (Å²) in [6, 6.07) is 16.1. The third kappa shape index (κ3) is 7.07. The van der Waals surface area contributed by atoms with Crippen molar-refractivity contribution in [2.75, 3.05) is 13.6 Å². The molecule has 0 fully saturated rings. The second-order valence-electron chi connectivity index (χ2n) is 7.50. The molecule has 1 N–H and O–H groups in total. The van der Waals surface area contributed by atoms with E-state index in [1.165, 1.54) is 48.1 Å². The predicted molar refractivity (Wildman–Crippen MR) is 118 cm³/mol. The van der Waals surface area contributed by atoms with Crippen LogP contribution >= 0.6 is 0 Å². The van der Waals surface area contributed by atoms with Crippen molar-refractivity contribution in [2.24, 2.45) is 0 Å². The number of nitrogens with one attached hydrogen (secondary N) is 1. The normalized spacial score (nSPS) is 12.5. The maximum absolute atomic E-state index is 12.6. The van der Waals surface area contributed by atoms with Gasteiger partial charge in [-0.3, -0.25) is 9.59 Å². The van der Waals surface area contributed by atoms with Gasteiger partial charge >= 0.3 is 0 Å². The first-order chi connectivity index (χ1) is 14.2. The van der Waals surface area contributed by atoms with E-state index < -0.39 is 10.0 Å². The summed E-state index contributed by atoms with van der Waals surface area (Å²) in [6.07, 6.45) is 2.43. The molecular weight excluding hydrogens is 400 g/mol. The van der Waals surface area contributed by atoms with E-state index in [1.54, 1.807) is 0 Å². The molecule has 2 aromatic rings. The summed E-state index contributed by atoms with van der Waals surface area (Å²) in [4.78, 5) is 23.6. The molecule has 0 aromatic heterocycles. The maximum Gasteiger partial charge on any atom is 0.242 e. The molecule has 1 amide bonds. The van der Waals surface area contributed by atoms with Crippen molar-refractivity contribution < 1.29 is 18.0 Å². The zero-order chi connectivity index (χ0) is 22.1. The second-order valence-corrected chi connectivity index (χ2v) is 9.55. The number of rotatable bonds is 11. The van der Waals surface area contributed by atoms with Gasteiger partial charge in [0.25, 0.3) is 0 Å². The largest absolute Gasteiger partial charge is 0.354 e. The van der Waals surface area contributed by atoms with Crippen LogP contribution in [0.5, 0.6) is 0 Å². The summed E-state index contributed by atoms with van der Waals surface area (Å²) in [7, 11) is -2.16. The highest BCUT2D eigenvalue weighted by Crippen LogP contribution is 2.16. The molecule has 0 aliphatic rings. The van der Waals surface area contributed by atoms with E-state index in [0.717, 1.165) is 12.8 Å². The van der Waals surface area contributed by atoms with Gasteiger partial charge in [-0.05, 0) is 50.8 Å². The lowest BCUT2D eigenvalue weighted by Crippen LogP contribution is -2.34. The Hall–Kier alpha value is -2.51. The minimum atomic E-state index is -3.65. The Bertz CT molecular complexity index is 941. The summed E-state index contributed by atoms with van der Waals surface area (Å²) in [6.45, 7) is 3.65. The molecule has 0 radical (unpaired) electrons. The molecule has 0 saturated carbocycles. The molecule has 0 bridgehead atoms. The van der Waals surface area contributed by atoms with Crippen molar-refractivity contribution in [2.45, 2.75) is 50.5 Å². The van der Waals surface area contributed by atoms with E-state index in [1.807, 2.05) is 25.1 Å². The Balaban J connectivity index is 1.76. The van der Waals surface area contributed by atoms with Crippen LogP contribution in [0, 0.1) is 0 Å². The van der Waals surface area contributed by atoms with Crippen molar-refractivity contribution in [1.82, 2.24) is 9.62 Å². The van der Waals surface area contributed by atoms with Crippen LogP contribution in [0.15, 0.2) is 59.5 Å². The first kappa shape index (κ1) is 23.8. The molecule has 162 valence electrons. The molecule has 0 saturated heterocycles. The number of ketones is 1. The van der Waals surface area contributed by atoms with Crippen LogP contribution < -0.4 is 5.32 Å². The standard InChI is InChI=1S/C23H30N2O4S/c1-18(11-12-20-8-5-4-6-9-20)24-23(27)10-7-17-25(3)30(28,29)22-15-13-21(14-16-22)19(2)26/h4-6,8-9,13-16,18H,7,10-12,17H2,1-3H3,(H,24,27). The van der Waals surface area contributed by atoms with E-state index in [2.05, 4.69) is 17.4 Å². The third-order valence-electron chi connectivity index (χ3n) is 4.96. The summed E-state index contributed by atoms with van der Waals surface area (Å²) < 4.78 is 26.5. The average molecular weight is 431 g/mol. The van der Waals surface area contributed by atoms with Crippen LogP contribution in [0.3, 0.4) is 0 Å².